The van der Waals surface area contributed by atoms with Crippen LogP contribution in [-0.2, 0) is 16.0 Å². The Balaban J connectivity index is 1.88. The van der Waals surface area contributed by atoms with Crippen molar-refractivity contribution in [3.05, 3.63) is 29.3 Å². The van der Waals surface area contributed by atoms with Crippen LogP contribution in [0.15, 0.2) is 18.2 Å². The van der Waals surface area contributed by atoms with Crippen molar-refractivity contribution in [1.29, 1.82) is 0 Å². The van der Waals surface area contributed by atoms with Crippen LogP contribution in [-0.4, -0.2) is 19.7 Å². The average Bonchev–Trinajstić information content (AvgIpc) is 2.44. The number of hydrogen-bond acceptors (Lipinski definition) is 4. The number of ether oxygens (including phenoxy) is 2. The fourth-order valence-corrected chi connectivity index (χ4v) is 2.41. The minimum absolute atomic E-state index is 0.127. The van der Waals surface area contributed by atoms with Crippen LogP contribution in [0.25, 0.3) is 0 Å². The molecule has 1 aliphatic carbocycles. The van der Waals surface area contributed by atoms with E-state index in [1.807, 2.05) is 12.1 Å². The highest BCUT2D eigenvalue weighted by molar-refractivity contribution is 5.69. The predicted molar refractivity (Wildman–Crippen MR) is 73.1 cm³/mol. The zero-order valence-electron chi connectivity index (χ0n) is 11.4. The van der Waals surface area contributed by atoms with Crippen LogP contribution in [0.3, 0.4) is 0 Å². The van der Waals surface area contributed by atoms with Crippen molar-refractivity contribution < 1.29 is 14.3 Å². The molecule has 0 unspecified atom stereocenters. The van der Waals surface area contributed by atoms with E-state index in [9.17, 15) is 4.79 Å². The van der Waals surface area contributed by atoms with Crippen molar-refractivity contribution in [2.24, 2.45) is 5.73 Å². The summed E-state index contributed by atoms with van der Waals surface area (Å²) >= 11 is 0. The molecule has 1 aliphatic rings. The van der Waals surface area contributed by atoms with Crippen LogP contribution < -0.4 is 10.5 Å². The number of fused-ring (bicyclic) bond motifs is 1. The Morgan fingerprint density at radius 3 is 3.11 bits per heavy atom. The molecule has 0 amide bonds. The molecule has 19 heavy (non-hydrogen) atoms. The maximum atomic E-state index is 11.0. The van der Waals surface area contributed by atoms with E-state index in [0.717, 1.165) is 25.0 Å². The Labute approximate surface area is 113 Å². The highest BCUT2D eigenvalue weighted by Crippen LogP contribution is 2.30. The Morgan fingerprint density at radius 2 is 2.32 bits per heavy atom. The molecule has 0 radical (unpaired) electrons. The molecule has 2 N–H and O–H groups in total. The van der Waals surface area contributed by atoms with E-state index in [-0.39, 0.29) is 12.0 Å². The van der Waals surface area contributed by atoms with Gasteiger partial charge in [-0.1, -0.05) is 6.07 Å². The highest BCUT2D eigenvalue weighted by atomic mass is 16.5. The third-order valence-electron chi connectivity index (χ3n) is 3.50. The van der Waals surface area contributed by atoms with Gasteiger partial charge in [0.2, 0.25) is 0 Å². The zero-order valence-corrected chi connectivity index (χ0v) is 11.4. The number of rotatable bonds is 5. The SMILES string of the molecule is COC(=O)CCCOc1ccc2c(c1)[C@H](N)CCC2. The lowest BCUT2D eigenvalue weighted by Gasteiger charge is -2.22. The molecule has 1 atom stereocenters. The topological polar surface area (TPSA) is 61.5 Å². The molecule has 1 aromatic carbocycles. The standard InChI is InChI=1S/C15H21NO3/c1-18-15(17)6-3-9-19-12-8-7-11-4-2-5-14(16)13(11)10-12/h7-8,10,14H,2-6,9,16H2,1H3/t14-/m1/s1. The first-order valence-corrected chi connectivity index (χ1v) is 6.78. The summed E-state index contributed by atoms with van der Waals surface area (Å²) in [4.78, 5) is 11.0. The third kappa shape index (κ3) is 3.70. The molecule has 0 bridgehead atoms. The van der Waals surface area contributed by atoms with E-state index in [2.05, 4.69) is 10.8 Å². The van der Waals surface area contributed by atoms with Crippen molar-refractivity contribution in [2.45, 2.75) is 38.1 Å². The summed E-state index contributed by atoms with van der Waals surface area (Å²) in [6, 6.07) is 6.25. The van der Waals surface area contributed by atoms with Gasteiger partial charge < -0.3 is 15.2 Å². The molecule has 1 aromatic rings. The van der Waals surface area contributed by atoms with Crippen molar-refractivity contribution >= 4 is 5.97 Å². The molecule has 0 saturated carbocycles. The summed E-state index contributed by atoms with van der Waals surface area (Å²) in [6.07, 6.45) is 4.36. The largest absolute Gasteiger partial charge is 0.494 e. The second kappa shape index (κ2) is 6.57. The number of methoxy groups -OCH3 is 1. The molecule has 2 rings (SSSR count). The Bertz CT molecular complexity index is 445. The van der Waals surface area contributed by atoms with Crippen LogP contribution in [0.4, 0.5) is 0 Å². The minimum atomic E-state index is -0.198. The number of carbonyl (C=O) groups is 1. The van der Waals surface area contributed by atoms with Gasteiger partial charge in [-0.25, -0.2) is 0 Å². The van der Waals surface area contributed by atoms with Gasteiger partial charge >= 0.3 is 5.97 Å². The van der Waals surface area contributed by atoms with Gasteiger partial charge in [0, 0.05) is 12.5 Å². The summed E-state index contributed by atoms with van der Waals surface area (Å²) in [5, 5.41) is 0. The lowest BCUT2D eigenvalue weighted by molar-refractivity contribution is -0.140. The minimum Gasteiger partial charge on any atom is -0.494 e. The molecule has 0 aromatic heterocycles. The van der Waals surface area contributed by atoms with Gasteiger partial charge in [0.05, 0.1) is 13.7 Å². The summed E-state index contributed by atoms with van der Waals surface area (Å²) in [7, 11) is 1.40. The predicted octanol–water partition coefficient (Wildman–Crippen LogP) is 2.35. The number of nitrogens with two attached hydrogens (primary N) is 1. The van der Waals surface area contributed by atoms with E-state index in [1.54, 1.807) is 0 Å². The monoisotopic (exact) mass is 263 g/mol. The molecular formula is C15H21NO3. The van der Waals surface area contributed by atoms with Crippen molar-refractivity contribution in [1.82, 2.24) is 0 Å². The van der Waals surface area contributed by atoms with Gasteiger partial charge in [-0.2, -0.15) is 0 Å². The Morgan fingerprint density at radius 1 is 1.47 bits per heavy atom. The van der Waals surface area contributed by atoms with E-state index in [0.29, 0.717) is 19.4 Å². The van der Waals surface area contributed by atoms with Gasteiger partial charge in [-0.05, 0) is 48.9 Å². The molecule has 0 fully saturated rings. The number of benzene rings is 1. The molecule has 0 aliphatic heterocycles. The van der Waals surface area contributed by atoms with Crippen LogP contribution in [0.1, 0.15) is 42.9 Å². The average molecular weight is 263 g/mol. The second-order valence-corrected chi connectivity index (χ2v) is 4.89. The van der Waals surface area contributed by atoms with E-state index in [4.69, 9.17) is 10.5 Å². The smallest absolute Gasteiger partial charge is 0.305 e. The second-order valence-electron chi connectivity index (χ2n) is 4.89. The molecule has 4 heteroatoms. The molecule has 0 heterocycles. The van der Waals surface area contributed by atoms with Crippen molar-refractivity contribution in [2.75, 3.05) is 13.7 Å². The number of aryl methyl sites for hydroxylation is 1. The first kappa shape index (κ1) is 13.9. The van der Waals surface area contributed by atoms with Gasteiger partial charge in [0.1, 0.15) is 5.75 Å². The summed E-state index contributed by atoms with van der Waals surface area (Å²) in [5.41, 5.74) is 8.65. The fraction of sp³-hybridized carbons (Fsp3) is 0.533. The van der Waals surface area contributed by atoms with Crippen LogP contribution in [0, 0.1) is 0 Å². The Kier molecular flexibility index (Phi) is 4.80. The fourth-order valence-electron chi connectivity index (χ4n) is 2.41. The van der Waals surface area contributed by atoms with Crippen LogP contribution in [0.2, 0.25) is 0 Å². The van der Waals surface area contributed by atoms with Crippen molar-refractivity contribution in [3.63, 3.8) is 0 Å². The van der Waals surface area contributed by atoms with E-state index in [1.165, 1.54) is 18.2 Å². The number of hydrogen-bond donors (Lipinski definition) is 1. The van der Waals surface area contributed by atoms with Crippen LogP contribution in [0.5, 0.6) is 5.75 Å². The highest BCUT2D eigenvalue weighted by Gasteiger charge is 2.17. The lowest BCUT2D eigenvalue weighted by atomic mass is 9.88. The maximum Gasteiger partial charge on any atom is 0.305 e. The van der Waals surface area contributed by atoms with Crippen LogP contribution >= 0.6 is 0 Å². The summed E-state index contributed by atoms with van der Waals surface area (Å²) in [6.45, 7) is 0.517. The lowest BCUT2D eigenvalue weighted by Crippen LogP contribution is -2.17. The van der Waals surface area contributed by atoms with E-state index < -0.39 is 0 Å². The first-order valence-electron chi connectivity index (χ1n) is 6.78. The van der Waals surface area contributed by atoms with E-state index >= 15 is 0 Å². The number of carbonyl (C=O) groups excluding carboxylic acids is 1. The first-order chi connectivity index (χ1) is 9.20. The Hall–Kier alpha value is -1.55. The quantitative estimate of drug-likeness (QED) is 0.654. The normalized spacial score (nSPS) is 17.7. The zero-order chi connectivity index (χ0) is 13.7. The molecule has 0 saturated heterocycles. The summed E-state index contributed by atoms with van der Waals surface area (Å²) < 4.78 is 10.2. The molecule has 104 valence electrons. The van der Waals surface area contributed by atoms with Gasteiger partial charge in [0.15, 0.2) is 0 Å². The maximum absolute atomic E-state index is 11.0. The third-order valence-corrected chi connectivity index (χ3v) is 3.50. The van der Waals surface area contributed by atoms with Gasteiger partial charge in [-0.3, -0.25) is 4.79 Å². The van der Waals surface area contributed by atoms with Crippen molar-refractivity contribution in [3.8, 4) is 5.75 Å². The molecule has 0 spiro atoms. The molecular weight excluding hydrogens is 242 g/mol. The number of esters is 1. The van der Waals surface area contributed by atoms with Gasteiger partial charge in [0.25, 0.3) is 0 Å². The molecule has 4 nitrogen and oxygen atoms in total. The van der Waals surface area contributed by atoms with Gasteiger partial charge in [-0.15, -0.1) is 0 Å². The summed E-state index contributed by atoms with van der Waals surface area (Å²) in [5.74, 6) is 0.636.